The van der Waals surface area contributed by atoms with Crippen LogP contribution in [0.5, 0.6) is 0 Å². The van der Waals surface area contributed by atoms with Crippen LogP contribution < -0.4 is 0 Å². The van der Waals surface area contributed by atoms with Crippen molar-refractivity contribution in [1.82, 2.24) is 14.7 Å². The molecule has 1 amide bonds. The van der Waals surface area contributed by atoms with E-state index in [4.69, 9.17) is 4.74 Å². The van der Waals surface area contributed by atoms with E-state index in [2.05, 4.69) is 23.3 Å². The number of hydrogen-bond acceptors (Lipinski definition) is 4. The molecule has 0 radical (unpaired) electrons. The molecule has 0 saturated heterocycles. The number of hydrogen-bond donors (Lipinski definition) is 0. The Morgan fingerprint density at radius 2 is 1.80 bits per heavy atom. The second-order valence-electron chi connectivity index (χ2n) is 7.19. The molecule has 2 heterocycles. The molecule has 0 aliphatic carbocycles. The fourth-order valence-electron chi connectivity index (χ4n) is 3.49. The molecule has 6 heteroatoms. The van der Waals surface area contributed by atoms with Crippen LogP contribution >= 0.6 is 0 Å². The highest BCUT2D eigenvalue weighted by Crippen LogP contribution is 2.22. The Kier molecular flexibility index (Phi) is 5.75. The Balaban J connectivity index is 1.30. The summed E-state index contributed by atoms with van der Waals surface area (Å²) in [7, 11) is 0. The van der Waals surface area contributed by atoms with Gasteiger partial charge in [-0.2, -0.15) is 5.10 Å². The van der Waals surface area contributed by atoms with Gasteiger partial charge in [-0.25, -0.2) is 9.48 Å². The maximum atomic E-state index is 12.4. The predicted octanol–water partition coefficient (Wildman–Crippen LogP) is 3.65. The van der Waals surface area contributed by atoms with Crippen LogP contribution in [0.15, 0.2) is 72.9 Å². The van der Waals surface area contributed by atoms with Crippen molar-refractivity contribution in [3.63, 3.8) is 0 Å². The van der Waals surface area contributed by atoms with Crippen molar-refractivity contribution in [1.29, 1.82) is 0 Å². The predicted molar refractivity (Wildman–Crippen MR) is 114 cm³/mol. The van der Waals surface area contributed by atoms with E-state index >= 15 is 0 Å². The molecule has 0 fully saturated rings. The van der Waals surface area contributed by atoms with E-state index in [0.29, 0.717) is 18.7 Å². The van der Waals surface area contributed by atoms with Gasteiger partial charge in [-0.15, -0.1) is 0 Å². The molecular weight excluding hydrogens is 378 g/mol. The smallest absolute Gasteiger partial charge is 0.338 e. The van der Waals surface area contributed by atoms with Crippen LogP contribution in [-0.4, -0.2) is 46.3 Å². The molecule has 0 atom stereocenters. The highest BCUT2D eigenvalue weighted by molar-refractivity contribution is 5.91. The zero-order chi connectivity index (χ0) is 20.9. The molecule has 2 aromatic carbocycles. The summed E-state index contributed by atoms with van der Waals surface area (Å²) in [4.78, 5) is 26.4. The molecule has 6 nitrogen and oxygen atoms in total. The summed E-state index contributed by atoms with van der Waals surface area (Å²) in [5, 5.41) is 4.24. The van der Waals surface area contributed by atoms with Crippen molar-refractivity contribution >= 4 is 17.4 Å². The number of carbonyl (C=O) groups is 2. The Labute approximate surface area is 175 Å². The van der Waals surface area contributed by atoms with Crippen molar-refractivity contribution in [2.24, 2.45) is 0 Å². The molecule has 1 aliphatic rings. The van der Waals surface area contributed by atoms with Crippen LogP contribution in [-0.2, 0) is 9.53 Å². The Hall–Kier alpha value is -3.67. The fraction of sp³-hybridized carbons (Fsp3) is 0.208. The molecule has 1 aromatic heterocycles. The van der Waals surface area contributed by atoms with Crippen LogP contribution in [0.25, 0.3) is 11.3 Å². The molecule has 0 saturated carbocycles. The first-order valence-corrected chi connectivity index (χ1v) is 9.92. The van der Waals surface area contributed by atoms with Crippen molar-refractivity contribution in [2.75, 3.05) is 19.7 Å². The highest BCUT2D eigenvalue weighted by Gasteiger charge is 2.19. The second kappa shape index (κ2) is 8.78. The molecule has 0 unspecified atom stereocenters. The summed E-state index contributed by atoms with van der Waals surface area (Å²) < 4.78 is 7.02. The van der Waals surface area contributed by atoms with E-state index in [1.807, 2.05) is 31.2 Å². The van der Waals surface area contributed by atoms with Gasteiger partial charge in [0.1, 0.15) is 0 Å². The van der Waals surface area contributed by atoms with Crippen LogP contribution in [0, 0.1) is 6.92 Å². The van der Waals surface area contributed by atoms with Gasteiger partial charge >= 0.3 is 5.97 Å². The molecule has 0 N–H and O–H groups in total. The number of esters is 1. The average molecular weight is 401 g/mol. The van der Waals surface area contributed by atoms with E-state index in [1.165, 1.54) is 11.1 Å². The van der Waals surface area contributed by atoms with Gasteiger partial charge < -0.3 is 9.64 Å². The van der Waals surface area contributed by atoms with Gasteiger partial charge in [0.2, 0.25) is 0 Å². The molecule has 3 aromatic rings. The van der Waals surface area contributed by atoms with Crippen molar-refractivity contribution in [3.05, 3.63) is 89.8 Å². The van der Waals surface area contributed by atoms with Gasteiger partial charge in [-0.3, -0.25) is 4.79 Å². The normalized spacial score (nSPS) is 13.6. The van der Waals surface area contributed by atoms with Gasteiger partial charge in [0.15, 0.2) is 6.61 Å². The topological polar surface area (TPSA) is 64.4 Å². The van der Waals surface area contributed by atoms with E-state index in [9.17, 15) is 9.59 Å². The lowest BCUT2D eigenvalue weighted by Crippen LogP contribution is -2.37. The third-order valence-corrected chi connectivity index (χ3v) is 5.21. The minimum Gasteiger partial charge on any atom is -0.452 e. The number of aromatic nitrogens is 2. The maximum Gasteiger partial charge on any atom is 0.338 e. The third-order valence-electron chi connectivity index (χ3n) is 5.21. The van der Waals surface area contributed by atoms with Gasteiger partial charge in [-0.1, -0.05) is 36.4 Å². The van der Waals surface area contributed by atoms with Crippen LogP contribution in [0.2, 0.25) is 0 Å². The third kappa shape index (κ3) is 4.33. The quantitative estimate of drug-likeness (QED) is 0.612. The largest absolute Gasteiger partial charge is 0.452 e. The summed E-state index contributed by atoms with van der Waals surface area (Å²) in [5.74, 6) is -0.694. The number of rotatable bonds is 5. The SMILES string of the molecule is Cc1ccnn1-c1ccc(C(=O)OCC(=O)N2CC=C(c3ccccc3)CC2)cc1. The first-order chi connectivity index (χ1) is 14.6. The summed E-state index contributed by atoms with van der Waals surface area (Å²) in [6, 6.07) is 19.0. The summed E-state index contributed by atoms with van der Waals surface area (Å²) in [5.41, 5.74) is 4.69. The molecule has 30 heavy (non-hydrogen) atoms. The lowest BCUT2D eigenvalue weighted by Gasteiger charge is -2.26. The summed E-state index contributed by atoms with van der Waals surface area (Å²) in [6.07, 6.45) is 4.58. The van der Waals surface area contributed by atoms with E-state index in [0.717, 1.165) is 17.8 Å². The monoisotopic (exact) mass is 401 g/mol. The van der Waals surface area contributed by atoms with E-state index in [-0.39, 0.29) is 12.5 Å². The number of carbonyl (C=O) groups excluding carboxylic acids is 2. The number of nitrogens with zero attached hydrogens (tertiary/aromatic N) is 3. The van der Waals surface area contributed by atoms with Gasteiger partial charge in [0, 0.05) is 25.0 Å². The zero-order valence-corrected chi connectivity index (χ0v) is 16.8. The fourth-order valence-corrected chi connectivity index (χ4v) is 3.49. The van der Waals surface area contributed by atoms with Gasteiger partial charge in [0.05, 0.1) is 11.3 Å². The Morgan fingerprint density at radius 1 is 1.03 bits per heavy atom. The zero-order valence-electron chi connectivity index (χ0n) is 16.8. The number of aryl methyl sites for hydroxylation is 1. The minimum atomic E-state index is -0.510. The number of amides is 1. The first kappa shape index (κ1) is 19.6. The first-order valence-electron chi connectivity index (χ1n) is 9.92. The molecule has 152 valence electrons. The molecule has 0 bridgehead atoms. The van der Waals surface area contributed by atoms with Crippen LogP contribution in [0.3, 0.4) is 0 Å². The number of ether oxygens (including phenoxy) is 1. The van der Waals surface area contributed by atoms with E-state index in [1.54, 1.807) is 40.0 Å². The average Bonchev–Trinajstić information content (AvgIpc) is 3.24. The van der Waals surface area contributed by atoms with Gasteiger partial charge in [0.25, 0.3) is 5.91 Å². The van der Waals surface area contributed by atoms with Crippen LogP contribution in [0.1, 0.15) is 28.0 Å². The molecule has 1 aliphatic heterocycles. The highest BCUT2D eigenvalue weighted by atomic mass is 16.5. The van der Waals surface area contributed by atoms with Crippen molar-refractivity contribution in [2.45, 2.75) is 13.3 Å². The molecule has 4 rings (SSSR count). The van der Waals surface area contributed by atoms with Crippen LogP contribution in [0.4, 0.5) is 0 Å². The summed E-state index contributed by atoms with van der Waals surface area (Å²) >= 11 is 0. The maximum absolute atomic E-state index is 12.4. The molecule has 0 spiro atoms. The Bertz CT molecular complexity index is 1070. The summed E-state index contributed by atoms with van der Waals surface area (Å²) in [6.45, 7) is 2.85. The standard InChI is InChI=1S/C24H23N3O3/c1-18-11-14-25-27(18)22-9-7-21(8-10-22)24(29)30-17-23(28)26-15-12-20(13-16-26)19-5-3-2-4-6-19/h2-12,14H,13,15-17H2,1H3. The lowest BCUT2D eigenvalue weighted by atomic mass is 10.00. The number of benzene rings is 2. The molecular formula is C24H23N3O3. The Morgan fingerprint density at radius 3 is 2.43 bits per heavy atom. The minimum absolute atomic E-state index is 0.185. The second-order valence-corrected chi connectivity index (χ2v) is 7.19. The van der Waals surface area contributed by atoms with Crippen molar-refractivity contribution in [3.8, 4) is 5.69 Å². The lowest BCUT2D eigenvalue weighted by molar-refractivity contribution is -0.134. The van der Waals surface area contributed by atoms with E-state index < -0.39 is 5.97 Å². The van der Waals surface area contributed by atoms with Gasteiger partial charge in [-0.05, 0) is 54.8 Å². The van der Waals surface area contributed by atoms with Crippen molar-refractivity contribution < 1.29 is 14.3 Å².